The van der Waals surface area contributed by atoms with Crippen LogP contribution in [-0.2, 0) is 4.79 Å². The van der Waals surface area contributed by atoms with Crippen LogP contribution in [0.1, 0.15) is 13.8 Å². The van der Waals surface area contributed by atoms with E-state index < -0.39 is 5.56 Å². The normalized spacial score (nSPS) is 11.0. The van der Waals surface area contributed by atoms with E-state index in [9.17, 15) is 9.59 Å². The SMILES string of the molecule is CC(C)C(=O)Nc1nc2c(ncn2N)c(=O)[nH]1. The average molecular weight is 236 g/mol. The summed E-state index contributed by atoms with van der Waals surface area (Å²) in [6.45, 7) is 3.47. The van der Waals surface area contributed by atoms with Gasteiger partial charge < -0.3 is 5.84 Å². The second-order valence-corrected chi connectivity index (χ2v) is 3.88. The molecule has 2 heterocycles. The number of amides is 1. The number of aromatic nitrogens is 4. The van der Waals surface area contributed by atoms with Crippen molar-refractivity contribution >= 4 is 23.0 Å². The number of nitrogens with two attached hydrogens (primary N) is 1. The molecule has 8 heteroatoms. The first kappa shape index (κ1) is 11.1. The Balaban J connectivity index is 2.46. The molecule has 90 valence electrons. The molecule has 0 saturated carbocycles. The predicted molar refractivity (Wildman–Crippen MR) is 61.8 cm³/mol. The van der Waals surface area contributed by atoms with Crippen LogP contribution in [0.2, 0.25) is 0 Å². The van der Waals surface area contributed by atoms with Gasteiger partial charge in [0.25, 0.3) is 5.56 Å². The van der Waals surface area contributed by atoms with Crippen LogP contribution in [0.4, 0.5) is 5.95 Å². The summed E-state index contributed by atoms with van der Waals surface area (Å²) in [5.41, 5.74) is -0.0962. The maximum absolute atomic E-state index is 11.6. The van der Waals surface area contributed by atoms with Gasteiger partial charge >= 0.3 is 0 Å². The Labute approximate surface area is 95.8 Å². The van der Waals surface area contributed by atoms with E-state index in [2.05, 4.69) is 20.3 Å². The first-order chi connectivity index (χ1) is 7.99. The van der Waals surface area contributed by atoms with Gasteiger partial charge in [0.1, 0.15) is 6.33 Å². The van der Waals surface area contributed by atoms with E-state index in [1.54, 1.807) is 13.8 Å². The number of fused-ring (bicyclic) bond motifs is 1. The van der Waals surface area contributed by atoms with Gasteiger partial charge in [0.15, 0.2) is 11.2 Å². The highest BCUT2D eigenvalue weighted by atomic mass is 16.2. The minimum atomic E-state index is -0.446. The van der Waals surface area contributed by atoms with Crippen LogP contribution >= 0.6 is 0 Å². The number of nitrogen functional groups attached to an aromatic ring is 1. The fraction of sp³-hybridized carbons (Fsp3) is 0.333. The topological polar surface area (TPSA) is 119 Å². The summed E-state index contributed by atoms with van der Waals surface area (Å²) in [5.74, 6) is 5.14. The Hall–Kier alpha value is -2.38. The molecule has 0 unspecified atom stereocenters. The van der Waals surface area contributed by atoms with E-state index in [0.29, 0.717) is 0 Å². The molecule has 0 aromatic carbocycles. The molecular formula is C9H12N6O2. The van der Waals surface area contributed by atoms with Crippen molar-refractivity contribution in [3.63, 3.8) is 0 Å². The number of anilines is 1. The number of imidazole rings is 1. The Morgan fingerprint density at radius 2 is 2.29 bits per heavy atom. The Kier molecular flexibility index (Phi) is 2.54. The zero-order valence-corrected chi connectivity index (χ0v) is 9.39. The van der Waals surface area contributed by atoms with Gasteiger partial charge in [0, 0.05) is 5.92 Å². The van der Waals surface area contributed by atoms with E-state index in [0.717, 1.165) is 4.68 Å². The van der Waals surface area contributed by atoms with Gasteiger partial charge in [-0.3, -0.25) is 19.9 Å². The standard InChI is InChI=1S/C9H12N6O2/c1-4(2)7(16)13-9-12-6-5(8(17)14-9)11-3-15(6)10/h3-4H,10H2,1-2H3,(H2,12,13,14,16,17). The third-order valence-electron chi connectivity index (χ3n) is 2.20. The molecule has 0 aliphatic carbocycles. The number of rotatable bonds is 2. The number of aromatic amines is 1. The van der Waals surface area contributed by atoms with Crippen LogP contribution in [0.3, 0.4) is 0 Å². The van der Waals surface area contributed by atoms with Crippen LogP contribution in [0.5, 0.6) is 0 Å². The molecule has 0 radical (unpaired) electrons. The van der Waals surface area contributed by atoms with E-state index in [1.807, 2.05) is 0 Å². The van der Waals surface area contributed by atoms with Gasteiger partial charge in [0.05, 0.1) is 0 Å². The fourth-order valence-corrected chi connectivity index (χ4v) is 1.25. The quantitative estimate of drug-likeness (QED) is 0.603. The van der Waals surface area contributed by atoms with Crippen LogP contribution in [-0.4, -0.2) is 25.5 Å². The predicted octanol–water partition coefficient (Wildman–Crippen LogP) is -0.572. The average Bonchev–Trinajstić information content (AvgIpc) is 2.61. The Morgan fingerprint density at radius 1 is 1.59 bits per heavy atom. The second-order valence-electron chi connectivity index (χ2n) is 3.88. The van der Waals surface area contributed by atoms with E-state index in [1.165, 1.54) is 6.33 Å². The van der Waals surface area contributed by atoms with Crippen molar-refractivity contribution in [2.75, 3.05) is 11.2 Å². The maximum Gasteiger partial charge on any atom is 0.280 e. The molecule has 0 bridgehead atoms. The summed E-state index contributed by atoms with van der Waals surface area (Å²) < 4.78 is 1.12. The summed E-state index contributed by atoms with van der Waals surface area (Å²) in [5, 5.41) is 2.49. The minimum Gasteiger partial charge on any atom is -0.336 e. The second kappa shape index (κ2) is 3.89. The molecule has 4 N–H and O–H groups in total. The highest BCUT2D eigenvalue weighted by molar-refractivity contribution is 5.90. The highest BCUT2D eigenvalue weighted by Gasteiger charge is 2.12. The lowest BCUT2D eigenvalue weighted by molar-refractivity contribution is -0.118. The van der Waals surface area contributed by atoms with Crippen molar-refractivity contribution in [3.8, 4) is 0 Å². The monoisotopic (exact) mass is 236 g/mol. The van der Waals surface area contributed by atoms with Crippen molar-refractivity contribution in [3.05, 3.63) is 16.7 Å². The zero-order valence-electron chi connectivity index (χ0n) is 9.39. The van der Waals surface area contributed by atoms with Gasteiger partial charge in [-0.2, -0.15) is 4.98 Å². The molecule has 0 spiro atoms. The number of H-pyrrole nitrogens is 1. The smallest absolute Gasteiger partial charge is 0.280 e. The number of hydrogen-bond donors (Lipinski definition) is 3. The molecule has 8 nitrogen and oxygen atoms in total. The summed E-state index contributed by atoms with van der Waals surface area (Å²) in [4.78, 5) is 33.3. The summed E-state index contributed by atoms with van der Waals surface area (Å²) in [6.07, 6.45) is 1.28. The van der Waals surface area contributed by atoms with Crippen molar-refractivity contribution in [1.82, 2.24) is 19.6 Å². The van der Waals surface area contributed by atoms with E-state index in [-0.39, 0.29) is 28.9 Å². The van der Waals surface area contributed by atoms with Crippen molar-refractivity contribution in [2.45, 2.75) is 13.8 Å². The number of nitrogens with one attached hydrogen (secondary N) is 2. The van der Waals surface area contributed by atoms with Gasteiger partial charge in [0.2, 0.25) is 11.9 Å². The Morgan fingerprint density at radius 3 is 2.94 bits per heavy atom. The lowest BCUT2D eigenvalue weighted by Gasteiger charge is -2.06. The van der Waals surface area contributed by atoms with Crippen molar-refractivity contribution < 1.29 is 4.79 Å². The number of carbonyl (C=O) groups is 1. The number of hydrogen-bond acceptors (Lipinski definition) is 5. The minimum absolute atomic E-state index is 0.0633. The lowest BCUT2D eigenvalue weighted by atomic mass is 10.2. The van der Waals surface area contributed by atoms with Crippen molar-refractivity contribution in [2.24, 2.45) is 5.92 Å². The third-order valence-corrected chi connectivity index (χ3v) is 2.20. The first-order valence-electron chi connectivity index (χ1n) is 5.02. The maximum atomic E-state index is 11.6. The number of nitrogens with zero attached hydrogens (tertiary/aromatic N) is 3. The van der Waals surface area contributed by atoms with Crippen LogP contribution in [0.25, 0.3) is 11.2 Å². The summed E-state index contributed by atoms with van der Waals surface area (Å²) in [6, 6.07) is 0. The van der Waals surface area contributed by atoms with Gasteiger partial charge in [-0.25, -0.2) is 9.66 Å². The summed E-state index contributed by atoms with van der Waals surface area (Å²) in [7, 11) is 0. The molecular weight excluding hydrogens is 224 g/mol. The highest BCUT2D eigenvalue weighted by Crippen LogP contribution is 2.06. The largest absolute Gasteiger partial charge is 0.336 e. The van der Waals surface area contributed by atoms with Gasteiger partial charge in [-0.05, 0) is 0 Å². The van der Waals surface area contributed by atoms with E-state index >= 15 is 0 Å². The molecule has 2 aromatic rings. The van der Waals surface area contributed by atoms with Gasteiger partial charge in [-0.1, -0.05) is 13.8 Å². The fourth-order valence-electron chi connectivity index (χ4n) is 1.25. The molecule has 0 aliphatic heterocycles. The van der Waals surface area contributed by atoms with Crippen LogP contribution in [0.15, 0.2) is 11.1 Å². The summed E-state index contributed by atoms with van der Waals surface area (Å²) >= 11 is 0. The molecule has 0 fully saturated rings. The molecule has 0 atom stereocenters. The zero-order chi connectivity index (χ0) is 12.6. The van der Waals surface area contributed by atoms with Crippen LogP contribution < -0.4 is 16.7 Å². The molecule has 0 aliphatic rings. The lowest BCUT2D eigenvalue weighted by Crippen LogP contribution is -2.22. The molecule has 1 amide bonds. The van der Waals surface area contributed by atoms with E-state index in [4.69, 9.17) is 5.84 Å². The molecule has 0 saturated heterocycles. The molecule has 2 aromatic heterocycles. The first-order valence-corrected chi connectivity index (χ1v) is 5.02. The Bertz CT molecular complexity index is 626. The third kappa shape index (κ3) is 1.96. The van der Waals surface area contributed by atoms with Crippen molar-refractivity contribution in [1.29, 1.82) is 0 Å². The van der Waals surface area contributed by atoms with Gasteiger partial charge in [-0.15, -0.1) is 0 Å². The molecule has 17 heavy (non-hydrogen) atoms. The number of carbonyl (C=O) groups excluding carboxylic acids is 1. The van der Waals surface area contributed by atoms with Crippen LogP contribution in [0, 0.1) is 5.92 Å². The molecule has 2 rings (SSSR count).